The molecule has 0 spiro atoms. The molecular weight excluding hydrogens is 414 g/mol. The second-order valence-electron chi connectivity index (χ2n) is 8.51. The smallest absolute Gasteiger partial charge is 0.243 e. The number of nitrogens with one attached hydrogen (secondary N) is 1. The topological polar surface area (TPSA) is 63.6 Å². The quantitative estimate of drug-likeness (QED) is 0.467. The van der Waals surface area contributed by atoms with Crippen LogP contribution in [0, 0.1) is 0 Å². The number of anilines is 1. The van der Waals surface area contributed by atoms with E-state index in [0.29, 0.717) is 0 Å². The molecule has 6 heteroatoms. The Labute approximate surface area is 192 Å². The van der Waals surface area contributed by atoms with Crippen molar-refractivity contribution in [1.82, 2.24) is 9.47 Å². The number of carbonyl (C=O) groups is 2. The van der Waals surface area contributed by atoms with Crippen molar-refractivity contribution in [2.45, 2.75) is 32.4 Å². The van der Waals surface area contributed by atoms with Crippen LogP contribution in [0.4, 0.5) is 5.69 Å². The first-order chi connectivity index (χ1) is 16.1. The third-order valence-electron chi connectivity index (χ3n) is 6.50. The van der Waals surface area contributed by atoms with Gasteiger partial charge in [-0.25, -0.2) is 0 Å². The molecule has 168 valence electrons. The summed E-state index contributed by atoms with van der Waals surface area (Å²) in [4.78, 5) is 27.0. The van der Waals surface area contributed by atoms with Crippen molar-refractivity contribution in [3.63, 3.8) is 0 Å². The third-order valence-corrected chi connectivity index (χ3v) is 6.50. The number of ether oxygens (including phenoxy) is 1. The molecule has 1 N–H and O–H groups in total. The van der Waals surface area contributed by atoms with Gasteiger partial charge in [-0.2, -0.15) is 0 Å². The molecule has 1 aromatic heterocycles. The van der Waals surface area contributed by atoms with Crippen molar-refractivity contribution in [2.24, 2.45) is 0 Å². The van der Waals surface area contributed by atoms with Gasteiger partial charge in [-0.1, -0.05) is 36.4 Å². The Bertz CT molecular complexity index is 1360. The molecule has 4 aromatic rings. The molecule has 3 aromatic carbocycles. The van der Waals surface area contributed by atoms with Crippen LogP contribution >= 0.6 is 0 Å². The maximum absolute atomic E-state index is 13.5. The van der Waals surface area contributed by atoms with Crippen molar-refractivity contribution in [2.75, 3.05) is 19.0 Å². The van der Waals surface area contributed by atoms with Crippen molar-refractivity contribution >= 4 is 39.2 Å². The van der Waals surface area contributed by atoms with Gasteiger partial charge in [0.05, 0.1) is 24.4 Å². The molecular formula is C27H27N3O3. The van der Waals surface area contributed by atoms with E-state index < -0.39 is 0 Å². The van der Waals surface area contributed by atoms with Crippen LogP contribution in [-0.2, 0) is 16.1 Å². The fourth-order valence-electron chi connectivity index (χ4n) is 5.05. The lowest BCUT2D eigenvalue weighted by atomic mass is 9.96. The Morgan fingerprint density at radius 1 is 1.00 bits per heavy atom. The first-order valence-electron chi connectivity index (χ1n) is 11.3. The second-order valence-corrected chi connectivity index (χ2v) is 8.51. The van der Waals surface area contributed by atoms with Gasteiger partial charge in [0, 0.05) is 30.4 Å². The highest BCUT2D eigenvalue weighted by Gasteiger charge is 2.31. The maximum Gasteiger partial charge on any atom is 0.243 e. The van der Waals surface area contributed by atoms with Crippen LogP contribution in [0.5, 0.6) is 5.75 Å². The van der Waals surface area contributed by atoms with E-state index in [0.717, 1.165) is 52.5 Å². The Hall–Kier alpha value is -3.80. The zero-order valence-electron chi connectivity index (χ0n) is 18.9. The highest BCUT2D eigenvalue weighted by atomic mass is 16.5. The average Bonchev–Trinajstić information content (AvgIpc) is 3.46. The van der Waals surface area contributed by atoms with Crippen LogP contribution in [0.3, 0.4) is 0 Å². The molecule has 0 unspecified atom stereocenters. The molecule has 1 aliphatic heterocycles. The molecule has 1 fully saturated rings. The number of benzene rings is 3. The standard InChI is InChI=1S/C27H27N3O3/c1-18(31)28-23-9-5-10-24-22(23)14-16-29(24)17-27(32)30-15-6-11-25(30)20-12-13-26(33-2)21-8-4-3-7-19(20)21/h3-5,7-10,12-14,16,25H,6,11,15,17H2,1-2H3,(H,28,31)/t25-/m1/s1. The van der Waals surface area contributed by atoms with E-state index in [1.54, 1.807) is 7.11 Å². The Morgan fingerprint density at radius 2 is 1.82 bits per heavy atom. The lowest BCUT2D eigenvalue weighted by molar-refractivity contribution is -0.132. The van der Waals surface area contributed by atoms with Crippen LogP contribution in [-0.4, -0.2) is 34.9 Å². The molecule has 0 radical (unpaired) electrons. The summed E-state index contributed by atoms with van der Waals surface area (Å²) >= 11 is 0. The van der Waals surface area contributed by atoms with Crippen LogP contribution < -0.4 is 10.1 Å². The zero-order chi connectivity index (χ0) is 22.9. The third kappa shape index (κ3) is 3.82. The van der Waals surface area contributed by atoms with Gasteiger partial charge in [0.15, 0.2) is 0 Å². The molecule has 0 bridgehead atoms. The van der Waals surface area contributed by atoms with Crippen molar-refractivity contribution < 1.29 is 14.3 Å². The van der Waals surface area contributed by atoms with Crippen molar-refractivity contribution in [3.05, 3.63) is 72.4 Å². The van der Waals surface area contributed by atoms with Crippen LogP contribution in [0.1, 0.15) is 31.4 Å². The normalized spacial score (nSPS) is 15.8. The summed E-state index contributed by atoms with van der Waals surface area (Å²) in [6.07, 6.45) is 3.85. The minimum absolute atomic E-state index is 0.0464. The number of methoxy groups -OCH3 is 1. The number of hydrogen-bond acceptors (Lipinski definition) is 3. The summed E-state index contributed by atoms with van der Waals surface area (Å²) in [6.45, 7) is 2.51. The summed E-state index contributed by atoms with van der Waals surface area (Å²) in [5, 5.41) is 6.00. The first-order valence-corrected chi connectivity index (χ1v) is 11.3. The predicted octanol–water partition coefficient (Wildman–Crippen LogP) is 5.13. The van der Waals surface area contributed by atoms with E-state index in [9.17, 15) is 9.59 Å². The molecule has 33 heavy (non-hydrogen) atoms. The van der Waals surface area contributed by atoms with Gasteiger partial charge in [-0.05, 0) is 48.1 Å². The minimum Gasteiger partial charge on any atom is -0.496 e. The second kappa shape index (κ2) is 8.62. The number of fused-ring (bicyclic) bond motifs is 2. The van der Waals surface area contributed by atoms with Gasteiger partial charge in [-0.15, -0.1) is 0 Å². The molecule has 1 atom stereocenters. The Balaban J connectivity index is 1.44. The number of rotatable bonds is 5. The molecule has 0 saturated carbocycles. The fraction of sp³-hybridized carbons (Fsp3) is 0.259. The first kappa shape index (κ1) is 21.1. The molecule has 0 aliphatic carbocycles. The maximum atomic E-state index is 13.5. The SMILES string of the molecule is COc1ccc([C@H]2CCCN2C(=O)Cn2ccc3c(NC(C)=O)cccc32)c2ccccc12. The van der Waals surface area contributed by atoms with Gasteiger partial charge < -0.3 is 19.5 Å². The van der Waals surface area contributed by atoms with E-state index >= 15 is 0 Å². The van der Waals surface area contributed by atoms with Crippen LogP contribution in [0.2, 0.25) is 0 Å². The van der Waals surface area contributed by atoms with Gasteiger partial charge in [0.1, 0.15) is 12.3 Å². The predicted molar refractivity (Wildman–Crippen MR) is 130 cm³/mol. The molecule has 1 saturated heterocycles. The van der Waals surface area contributed by atoms with E-state index in [1.165, 1.54) is 12.5 Å². The minimum atomic E-state index is -0.113. The summed E-state index contributed by atoms with van der Waals surface area (Å²) in [5.41, 5.74) is 2.86. The Morgan fingerprint density at radius 3 is 2.61 bits per heavy atom. The average molecular weight is 442 g/mol. The lowest BCUT2D eigenvalue weighted by Crippen LogP contribution is -2.33. The zero-order valence-corrected chi connectivity index (χ0v) is 18.9. The fourth-order valence-corrected chi connectivity index (χ4v) is 5.05. The number of hydrogen-bond donors (Lipinski definition) is 1. The van der Waals surface area contributed by atoms with Crippen molar-refractivity contribution in [1.29, 1.82) is 0 Å². The summed E-state index contributed by atoms with van der Waals surface area (Å²) in [5.74, 6) is 0.830. The Kier molecular flexibility index (Phi) is 5.50. The van der Waals surface area contributed by atoms with Crippen molar-refractivity contribution in [3.8, 4) is 5.75 Å². The van der Waals surface area contributed by atoms with Gasteiger partial charge in [-0.3, -0.25) is 9.59 Å². The number of likely N-dealkylation sites (tertiary alicyclic amines) is 1. The van der Waals surface area contributed by atoms with E-state index in [1.807, 2.05) is 58.1 Å². The summed E-state index contributed by atoms with van der Waals surface area (Å²) in [7, 11) is 1.69. The number of amides is 2. The molecule has 2 heterocycles. The van der Waals surface area contributed by atoms with E-state index in [2.05, 4.69) is 23.5 Å². The van der Waals surface area contributed by atoms with Gasteiger partial charge >= 0.3 is 0 Å². The number of carbonyl (C=O) groups excluding carboxylic acids is 2. The monoisotopic (exact) mass is 441 g/mol. The summed E-state index contributed by atoms with van der Waals surface area (Å²) in [6, 6.07) is 20.1. The highest BCUT2D eigenvalue weighted by molar-refractivity contribution is 6.01. The molecule has 2 amide bonds. The largest absolute Gasteiger partial charge is 0.496 e. The van der Waals surface area contributed by atoms with Crippen LogP contribution in [0.25, 0.3) is 21.7 Å². The van der Waals surface area contributed by atoms with E-state index in [4.69, 9.17) is 4.74 Å². The lowest BCUT2D eigenvalue weighted by Gasteiger charge is -2.27. The van der Waals surface area contributed by atoms with E-state index in [-0.39, 0.29) is 24.4 Å². The molecule has 5 rings (SSSR count). The molecule has 6 nitrogen and oxygen atoms in total. The van der Waals surface area contributed by atoms with Gasteiger partial charge in [0.25, 0.3) is 0 Å². The highest BCUT2D eigenvalue weighted by Crippen LogP contribution is 2.39. The number of aromatic nitrogens is 1. The van der Waals surface area contributed by atoms with Gasteiger partial charge in [0.2, 0.25) is 11.8 Å². The number of nitrogens with zero attached hydrogens (tertiary/aromatic N) is 2. The molecule has 1 aliphatic rings. The van der Waals surface area contributed by atoms with Crippen LogP contribution in [0.15, 0.2) is 66.9 Å². The summed E-state index contributed by atoms with van der Waals surface area (Å²) < 4.78 is 7.52.